The van der Waals surface area contributed by atoms with Crippen LogP contribution < -0.4 is 5.48 Å². The average Bonchev–Trinajstić information content (AvgIpc) is 4.08. The van der Waals surface area contributed by atoms with Crippen LogP contribution in [0.5, 0.6) is 0 Å². The summed E-state index contributed by atoms with van der Waals surface area (Å²) in [6.45, 7) is 3.05. The van der Waals surface area contributed by atoms with Crippen molar-refractivity contribution in [1.29, 1.82) is 0 Å². The number of nitrogens with one attached hydrogen (secondary N) is 1. The Morgan fingerprint density at radius 2 is 1.11 bits per heavy atom. The Morgan fingerprint density at radius 3 is 1.43 bits per heavy atom. The highest BCUT2D eigenvalue weighted by molar-refractivity contribution is 7.93. The van der Waals surface area contributed by atoms with Gasteiger partial charge in [0.25, 0.3) is 5.91 Å². The molecule has 0 radical (unpaired) electrons. The monoisotopic (exact) mass is 777 g/mol. The lowest BCUT2D eigenvalue weighted by Crippen LogP contribution is -2.49. The summed E-state index contributed by atoms with van der Waals surface area (Å²) in [5, 5.41) is 26.7. The molecule has 0 heterocycles. The Labute approximate surface area is 319 Å². The van der Waals surface area contributed by atoms with Crippen LogP contribution in [0.4, 0.5) is 0 Å². The minimum Gasteiger partial charge on any atom is -0.468 e. The number of hydrogen-bond donors (Lipinski definition) is 4. The zero-order chi connectivity index (χ0) is 40.2. The fourth-order valence-electron chi connectivity index (χ4n) is 5.23. The lowest BCUT2D eigenvalue weighted by Gasteiger charge is -2.25. The van der Waals surface area contributed by atoms with Crippen LogP contribution in [-0.4, -0.2) is 86.5 Å². The largest absolute Gasteiger partial charge is 0.468 e. The average molecular weight is 778 g/mol. The second-order valence-electron chi connectivity index (χ2n) is 13.9. The highest BCUT2D eigenvalue weighted by atomic mass is 32.2. The number of ether oxygens (including phenoxy) is 1. The molecule has 288 valence electrons. The fourth-order valence-corrected chi connectivity index (χ4v) is 6.95. The van der Waals surface area contributed by atoms with Crippen LogP contribution in [0.25, 0.3) is 0 Å². The van der Waals surface area contributed by atoms with Crippen molar-refractivity contribution in [2.24, 2.45) is 23.7 Å². The van der Waals surface area contributed by atoms with Crippen molar-refractivity contribution < 1.29 is 46.6 Å². The molecule has 54 heavy (non-hydrogen) atoms. The number of aliphatic hydroxyl groups excluding tert-OH is 2. The molecule has 13 heteroatoms. The summed E-state index contributed by atoms with van der Waals surface area (Å²) in [5.41, 5.74) is 4.80. The summed E-state index contributed by atoms with van der Waals surface area (Å²) in [7, 11) is -6.12. The topological polar surface area (TPSA) is 184 Å². The zero-order valence-electron chi connectivity index (χ0n) is 31.1. The zero-order valence-corrected chi connectivity index (χ0v) is 32.7. The third-order valence-corrected chi connectivity index (χ3v) is 13.9. The minimum absolute atomic E-state index is 0.0438. The van der Waals surface area contributed by atoms with Gasteiger partial charge in [-0.05, 0) is 123 Å². The van der Waals surface area contributed by atoms with Crippen molar-refractivity contribution in [2.75, 3.05) is 32.8 Å². The Balaban J connectivity index is 0.000000290. The van der Waals surface area contributed by atoms with Crippen LogP contribution >= 0.6 is 0 Å². The molecule has 4 rings (SSSR count). The molecule has 11 nitrogen and oxygen atoms in total. The predicted octanol–water partition coefficient (Wildman–Crippen LogP) is 2.49. The van der Waals surface area contributed by atoms with E-state index in [1.165, 1.54) is 26.4 Å². The quantitative estimate of drug-likeness (QED) is 0.108. The molecule has 4 N–H and O–H groups in total. The van der Waals surface area contributed by atoms with Crippen LogP contribution in [0.3, 0.4) is 0 Å². The Kier molecular flexibility index (Phi) is 15.5. The summed E-state index contributed by atoms with van der Waals surface area (Å²) in [4.78, 5) is 23.8. The Hall–Kier alpha value is -4.60. The lowest BCUT2D eigenvalue weighted by atomic mass is 9.99. The smallest absolute Gasteiger partial charge is 0.326 e. The predicted molar refractivity (Wildman–Crippen MR) is 205 cm³/mol. The number of aliphatic hydroxyl groups is 2. The molecule has 2 aromatic carbocycles. The first-order chi connectivity index (χ1) is 25.4. The van der Waals surface area contributed by atoms with E-state index in [-0.39, 0.29) is 37.9 Å². The van der Waals surface area contributed by atoms with Gasteiger partial charge in [-0.2, -0.15) is 0 Å². The van der Waals surface area contributed by atoms with Crippen LogP contribution in [0.15, 0.2) is 48.5 Å². The summed E-state index contributed by atoms with van der Waals surface area (Å²) >= 11 is 0. The molecule has 0 bridgehead atoms. The summed E-state index contributed by atoms with van der Waals surface area (Å²) < 4.78 is 49.4. The molecule has 1 amide bonds. The molecule has 0 aromatic heterocycles. The molecule has 6 atom stereocenters. The highest BCUT2D eigenvalue weighted by Gasteiger charge is 2.44. The number of aryl methyl sites for hydroxylation is 2. The van der Waals surface area contributed by atoms with E-state index in [9.17, 15) is 26.4 Å². The fraction of sp³-hybridized carbons (Fsp3) is 0.463. The molecular formula is C41H47NO10S2. The first-order valence-electron chi connectivity index (χ1n) is 17.3. The van der Waals surface area contributed by atoms with Crippen molar-refractivity contribution >= 4 is 31.6 Å². The third-order valence-electron chi connectivity index (χ3n) is 9.89. The number of carbonyl (C=O) groups is 2. The van der Waals surface area contributed by atoms with Gasteiger partial charge in [0.05, 0.1) is 7.11 Å². The van der Waals surface area contributed by atoms with Crippen molar-refractivity contribution in [3.63, 3.8) is 0 Å². The van der Waals surface area contributed by atoms with Gasteiger partial charge in [0.1, 0.15) is 4.75 Å². The van der Waals surface area contributed by atoms with Crippen molar-refractivity contribution in [2.45, 2.75) is 61.9 Å². The molecule has 4 unspecified atom stereocenters. The third kappa shape index (κ3) is 12.2. The Morgan fingerprint density at radius 1 is 0.722 bits per heavy atom. The van der Waals surface area contributed by atoms with Gasteiger partial charge in [0.2, 0.25) is 0 Å². The second-order valence-corrected chi connectivity index (χ2v) is 18.8. The van der Waals surface area contributed by atoms with Gasteiger partial charge in [-0.1, -0.05) is 47.9 Å². The first-order valence-corrected chi connectivity index (χ1v) is 21.1. The van der Waals surface area contributed by atoms with Crippen molar-refractivity contribution in [3.8, 4) is 47.4 Å². The van der Waals surface area contributed by atoms with Gasteiger partial charge in [0, 0.05) is 48.7 Å². The number of hydroxylamine groups is 1. The number of benzene rings is 2. The lowest BCUT2D eigenvalue weighted by molar-refractivity contribution is -0.143. The molecule has 0 spiro atoms. The Bertz CT molecular complexity index is 1980. The van der Waals surface area contributed by atoms with Crippen molar-refractivity contribution in [3.05, 3.63) is 70.8 Å². The second kappa shape index (κ2) is 19.1. The molecule has 2 saturated carbocycles. The molecule has 0 aliphatic heterocycles. The van der Waals surface area contributed by atoms with Gasteiger partial charge < -0.3 is 14.9 Å². The number of esters is 1. The van der Waals surface area contributed by atoms with E-state index in [1.807, 2.05) is 48.5 Å². The van der Waals surface area contributed by atoms with E-state index >= 15 is 0 Å². The minimum atomic E-state index is -3.70. The van der Waals surface area contributed by atoms with E-state index in [2.05, 4.69) is 52.1 Å². The summed E-state index contributed by atoms with van der Waals surface area (Å²) in [5.74, 6) is 22.6. The van der Waals surface area contributed by atoms with Gasteiger partial charge in [-0.25, -0.2) is 22.3 Å². The van der Waals surface area contributed by atoms with Crippen LogP contribution in [0.1, 0.15) is 61.8 Å². The van der Waals surface area contributed by atoms with E-state index in [4.69, 9.17) is 15.4 Å². The van der Waals surface area contributed by atoms with E-state index in [0.717, 1.165) is 47.6 Å². The van der Waals surface area contributed by atoms with Crippen molar-refractivity contribution in [1.82, 2.24) is 5.48 Å². The van der Waals surface area contributed by atoms with E-state index in [0.29, 0.717) is 24.7 Å². The maximum Gasteiger partial charge on any atom is 0.326 e. The molecule has 2 fully saturated rings. The summed E-state index contributed by atoms with van der Waals surface area (Å²) in [6.07, 6.45) is 4.87. The number of amides is 1. The van der Waals surface area contributed by atoms with Gasteiger partial charge in [0.15, 0.2) is 24.4 Å². The highest BCUT2D eigenvalue weighted by Crippen LogP contribution is 2.37. The molecule has 0 saturated heterocycles. The van der Waals surface area contributed by atoms with Crippen LogP contribution in [0, 0.1) is 71.0 Å². The maximum atomic E-state index is 12.0. The molecule has 2 aromatic rings. The number of carbonyl (C=O) groups excluding carboxylic acids is 2. The number of sulfone groups is 2. The molecular weight excluding hydrogens is 731 g/mol. The van der Waals surface area contributed by atoms with Crippen LogP contribution in [-0.2, 0) is 46.8 Å². The number of methoxy groups -OCH3 is 1. The molecule has 2 aliphatic carbocycles. The van der Waals surface area contributed by atoms with Gasteiger partial charge in [-0.15, -0.1) is 0 Å². The van der Waals surface area contributed by atoms with Crippen LogP contribution in [0.2, 0.25) is 0 Å². The maximum absolute atomic E-state index is 12.0. The first kappa shape index (κ1) is 43.8. The van der Waals surface area contributed by atoms with E-state index < -0.39 is 41.0 Å². The SMILES string of the molecule is CC(CCc1ccc(C#CC#CC2C[C@@H]2CO)cc1)(C(=O)NO)S(C)(=O)=O.COC(=O)C(C)(CCc1ccc(C#CC#CC2C[C@@H]2CO)cc1)S(C)(=O)=O. The van der Waals surface area contributed by atoms with Gasteiger partial charge >= 0.3 is 5.97 Å². The molecule has 2 aliphatic rings. The number of rotatable bonds is 12. The van der Waals surface area contributed by atoms with Gasteiger partial charge in [-0.3, -0.25) is 14.8 Å². The standard InChI is InChI=1S/C21H24O5S.C20H23NO5S/c1-21(20(23)26-2,27(3,24)25)13-12-17-10-8-16(9-11-17)6-4-5-7-18-14-19(18)15-22;1-20(19(23)21-24,27(2,25)26)12-11-16-9-7-15(8-10-16)5-3-4-6-17-13-18(17)14-22/h8-11,18-19,22H,12-15H2,1-3H3;7-10,17-18,22,24H,11-14H2,1-2H3,(H,21,23)/t18?,19-,21?;17?,18-,20?/m11/s1. The van der Waals surface area contributed by atoms with E-state index in [1.54, 1.807) is 0 Å². The number of hydrogen-bond acceptors (Lipinski definition) is 10. The summed E-state index contributed by atoms with van der Waals surface area (Å²) in [6, 6.07) is 14.7. The normalized spacial score (nSPS) is 20.3.